The van der Waals surface area contributed by atoms with Crippen molar-refractivity contribution in [1.29, 1.82) is 0 Å². The van der Waals surface area contributed by atoms with Crippen LogP contribution >= 0.6 is 11.3 Å². The highest BCUT2D eigenvalue weighted by atomic mass is 32.1. The van der Waals surface area contributed by atoms with Crippen LogP contribution in [0.5, 0.6) is 11.5 Å². The summed E-state index contributed by atoms with van der Waals surface area (Å²) in [6, 6.07) is 6.27. The van der Waals surface area contributed by atoms with Gasteiger partial charge in [-0.1, -0.05) is 18.2 Å². The molecule has 0 spiro atoms. The quantitative estimate of drug-likeness (QED) is 0.725. The van der Waals surface area contributed by atoms with Crippen molar-refractivity contribution in [2.45, 2.75) is 19.3 Å². The van der Waals surface area contributed by atoms with E-state index in [2.05, 4.69) is 47.2 Å². The van der Waals surface area contributed by atoms with Crippen LogP contribution in [0.1, 0.15) is 36.0 Å². The molecule has 0 N–H and O–H groups in total. The predicted molar refractivity (Wildman–Crippen MR) is 94.6 cm³/mol. The second-order valence-electron chi connectivity index (χ2n) is 5.31. The Bertz CT molecular complexity index is 671. The largest absolute Gasteiger partial charge is 0.496 e. The third-order valence-electron chi connectivity index (χ3n) is 3.90. The molecule has 0 saturated heterocycles. The molecule has 0 unspecified atom stereocenters. The second kappa shape index (κ2) is 6.84. The summed E-state index contributed by atoms with van der Waals surface area (Å²) in [7, 11) is 3.44. The van der Waals surface area contributed by atoms with Gasteiger partial charge in [0.05, 0.1) is 19.8 Å². The van der Waals surface area contributed by atoms with Gasteiger partial charge in [-0.3, -0.25) is 0 Å². The molecule has 0 aliphatic heterocycles. The summed E-state index contributed by atoms with van der Waals surface area (Å²) in [5.74, 6) is 1.77. The van der Waals surface area contributed by atoms with E-state index in [1.165, 1.54) is 17.6 Å². The highest BCUT2D eigenvalue weighted by Crippen LogP contribution is 2.41. The van der Waals surface area contributed by atoms with E-state index in [1.54, 1.807) is 25.6 Å². The molecule has 114 valence electrons. The summed E-state index contributed by atoms with van der Waals surface area (Å²) in [5, 5.41) is 4.21. The fraction of sp³-hybridized carbons (Fsp3) is 0.263. The average Bonchev–Trinajstić information content (AvgIpc) is 3.25. The number of ether oxygens (including phenoxy) is 2. The standard InChI is InChI=1S/C19H20O2S/c1-20-17-11-15(8-7-14-9-10-22-13-14)12-18(21-2)19(17)16-5-3-4-6-16/h5,7-13H,3-4,6H2,1-2H3. The Balaban J connectivity index is 1.99. The number of hydrogen-bond donors (Lipinski definition) is 0. The van der Waals surface area contributed by atoms with Crippen LogP contribution in [0.2, 0.25) is 0 Å². The van der Waals surface area contributed by atoms with Gasteiger partial charge in [-0.05, 0) is 64.9 Å². The van der Waals surface area contributed by atoms with Gasteiger partial charge in [0.25, 0.3) is 0 Å². The molecule has 0 amide bonds. The summed E-state index contributed by atoms with van der Waals surface area (Å²) in [4.78, 5) is 0. The van der Waals surface area contributed by atoms with E-state index in [0.717, 1.165) is 35.5 Å². The molecule has 1 aliphatic carbocycles. The minimum Gasteiger partial charge on any atom is -0.496 e. The Morgan fingerprint density at radius 1 is 1.05 bits per heavy atom. The molecule has 3 rings (SSSR count). The molecular formula is C19H20O2S. The van der Waals surface area contributed by atoms with Crippen LogP contribution in [0.3, 0.4) is 0 Å². The fourth-order valence-corrected chi connectivity index (χ4v) is 3.43. The minimum atomic E-state index is 0.887. The molecular weight excluding hydrogens is 292 g/mol. The van der Waals surface area contributed by atoms with Gasteiger partial charge in [0.1, 0.15) is 11.5 Å². The monoisotopic (exact) mass is 312 g/mol. The first-order valence-electron chi connectivity index (χ1n) is 7.47. The van der Waals surface area contributed by atoms with Gasteiger partial charge in [-0.2, -0.15) is 11.3 Å². The lowest BCUT2D eigenvalue weighted by Crippen LogP contribution is -1.96. The summed E-state index contributed by atoms with van der Waals surface area (Å²) in [6.45, 7) is 0. The Morgan fingerprint density at radius 3 is 2.32 bits per heavy atom. The van der Waals surface area contributed by atoms with Gasteiger partial charge >= 0.3 is 0 Å². The van der Waals surface area contributed by atoms with E-state index in [9.17, 15) is 0 Å². The molecule has 1 aromatic carbocycles. The van der Waals surface area contributed by atoms with E-state index in [-0.39, 0.29) is 0 Å². The van der Waals surface area contributed by atoms with Crippen LogP contribution in [0.15, 0.2) is 35.0 Å². The van der Waals surface area contributed by atoms with Crippen molar-refractivity contribution in [3.05, 3.63) is 51.7 Å². The molecule has 3 heteroatoms. The Kier molecular flexibility index (Phi) is 4.64. The lowest BCUT2D eigenvalue weighted by molar-refractivity contribution is 0.391. The van der Waals surface area contributed by atoms with Crippen LogP contribution in [0.25, 0.3) is 17.7 Å². The topological polar surface area (TPSA) is 18.5 Å². The maximum Gasteiger partial charge on any atom is 0.130 e. The van der Waals surface area contributed by atoms with E-state index < -0.39 is 0 Å². The van der Waals surface area contributed by atoms with Gasteiger partial charge in [0.15, 0.2) is 0 Å². The maximum atomic E-state index is 5.63. The zero-order valence-electron chi connectivity index (χ0n) is 13.0. The van der Waals surface area contributed by atoms with Gasteiger partial charge in [0, 0.05) is 0 Å². The molecule has 0 fully saturated rings. The van der Waals surface area contributed by atoms with E-state index >= 15 is 0 Å². The van der Waals surface area contributed by atoms with Gasteiger partial charge in [0.2, 0.25) is 0 Å². The van der Waals surface area contributed by atoms with Crippen LogP contribution < -0.4 is 9.47 Å². The molecule has 0 atom stereocenters. The Labute approximate surface area is 135 Å². The number of methoxy groups -OCH3 is 2. The van der Waals surface area contributed by atoms with Crippen LogP contribution in [0.4, 0.5) is 0 Å². The second-order valence-corrected chi connectivity index (χ2v) is 6.09. The van der Waals surface area contributed by atoms with Gasteiger partial charge in [-0.25, -0.2) is 0 Å². The lowest BCUT2D eigenvalue weighted by Gasteiger charge is -2.15. The highest BCUT2D eigenvalue weighted by Gasteiger charge is 2.18. The smallest absolute Gasteiger partial charge is 0.130 e. The molecule has 0 saturated carbocycles. The molecule has 2 aromatic rings. The highest BCUT2D eigenvalue weighted by molar-refractivity contribution is 7.08. The van der Waals surface area contributed by atoms with Crippen molar-refractivity contribution in [1.82, 2.24) is 0 Å². The summed E-state index contributed by atoms with van der Waals surface area (Å²) in [5.41, 5.74) is 4.74. The first-order chi connectivity index (χ1) is 10.8. The summed E-state index contributed by atoms with van der Waals surface area (Å²) in [6.07, 6.45) is 9.94. The average molecular weight is 312 g/mol. The number of hydrogen-bond acceptors (Lipinski definition) is 3. The van der Waals surface area contributed by atoms with Gasteiger partial charge < -0.3 is 9.47 Å². The van der Waals surface area contributed by atoms with Gasteiger partial charge in [-0.15, -0.1) is 0 Å². The third-order valence-corrected chi connectivity index (χ3v) is 4.60. The minimum absolute atomic E-state index is 0.887. The van der Waals surface area contributed by atoms with Crippen molar-refractivity contribution in [2.75, 3.05) is 14.2 Å². The van der Waals surface area contributed by atoms with Crippen molar-refractivity contribution in [2.24, 2.45) is 0 Å². The molecule has 1 aromatic heterocycles. The molecule has 2 nitrogen and oxygen atoms in total. The fourth-order valence-electron chi connectivity index (χ4n) is 2.81. The molecule has 0 radical (unpaired) electrons. The molecule has 1 aliphatic rings. The third kappa shape index (κ3) is 3.09. The number of benzene rings is 1. The first kappa shape index (κ1) is 14.9. The Hall–Kier alpha value is -2.00. The van der Waals surface area contributed by atoms with Crippen molar-refractivity contribution in [3.63, 3.8) is 0 Å². The van der Waals surface area contributed by atoms with Crippen molar-refractivity contribution >= 4 is 29.1 Å². The first-order valence-corrected chi connectivity index (χ1v) is 8.42. The van der Waals surface area contributed by atoms with Crippen LogP contribution in [-0.2, 0) is 0 Å². The lowest BCUT2D eigenvalue weighted by atomic mass is 10.00. The van der Waals surface area contributed by atoms with E-state index in [0.29, 0.717) is 0 Å². The zero-order chi connectivity index (χ0) is 15.4. The van der Waals surface area contributed by atoms with Crippen LogP contribution in [-0.4, -0.2) is 14.2 Å². The molecule has 22 heavy (non-hydrogen) atoms. The van der Waals surface area contributed by atoms with E-state index in [4.69, 9.17) is 9.47 Å². The Morgan fingerprint density at radius 2 is 1.77 bits per heavy atom. The van der Waals surface area contributed by atoms with Crippen molar-refractivity contribution < 1.29 is 9.47 Å². The summed E-state index contributed by atoms with van der Waals surface area (Å²) < 4.78 is 11.3. The number of allylic oxidation sites excluding steroid dienone is 2. The van der Waals surface area contributed by atoms with Crippen LogP contribution in [0, 0.1) is 0 Å². The molecule has 1 heterocycles. The van der Waals surface area contributed by atoms with Crippen molar-refractivity contribution in [3.8, 4) is 11.5 Å². The predicted octanol–water partition coefficient (Wildman–Crippen LogP) is 5.50. The number of thiophene rings is 1. The molecule has 0 bridgehead atoms. The summed E-state index contributed by atoms with van der Waals surface area (Å²) >= 11 is 1.70. The SMILES string of the molecule is COc1cc(C=Cc2ccsc2)cc(OC)c1C1=CCCC1. The number of rotatable bonds is 5. The maximum absolute atomic E-state index is 5.63. The zero-order valence-corrected chi connectivity index (χ0v) is 13.8. The van der Waals surface area contributed by atoms with E-state index in [1.807, 2.05) is 0 Å². The normalized spacial score (nSPS) is 14.4.